The molecule has 1 fully saturated rings. The molecule has 0 bridgehead atoms. The van der Waals surface area contributed by atoms with Crippen molar-refractivity contribution < 1.29 is 0 Å². The number of piperidine rings is 1. The summed E-state index contributed by atoms with van der Waals surface area (Å²) in [6.07, 6.45) is 2.34. The molecule has 1 aliphatic rings. The molecule has 5 nitrogen and oxygen atoms in total. The van der Waals surface area contributed by atoms with Crippen LogP contribution in [0.3, 0.4) is 0 Å². The number of nitrogens with zero attached hydrogens (tertiary/aromatic N) is 2. The number of likely N-dealkylation sites (tertiary alicyclic amines) is 1. The van der Waals surface area contributed by atoms with Crippen molar-refractivity contribution in [3.8, 4) is 0 Å². The van der Waals surface area contributed by atoms with Gasteiger partial charge in [0.25, 0.3) is 0 Å². The van der Waals surface area contributed by atoms with Gasteiger partial charge in [0.05, 0.1) is 0 Å². The molecule has 2 heterocycles. The number of hydrogen-bond acceptors (Lipinski definition) is 4. The normalized spacial score (nSPS) is 17.2. The van der Waals surface area contributed by atoms with Crippen molar-refractivity contribution in [3.05, 3.63) is 22.4 Å². The van der Waals surface area contributed by atoms with Gasteiger partial charge in [0.2, 0.25) is 0 Å². The van der Waals surface area contributed by atoms with Crippen molar-refractivity contribution in [2.24, 2.45) is 4.99 Å². The molecule has 144 valence electrons. The molecule has 0 radical (unpaired) electrons. The van der Waals surface area contributed by atoms with Gasteiger partial charge in [-0.1, -0.05) is 0 Å². The van der Waals surface area contributed by atoms with Crippen LogP contribution in [0.15, 0.2) is 21.8 Å². The third kappa shape index (κ3) is 9.21. The fourth-order valence-corrected chi connectivity index (χ4v) is 3.54. The topological polar surface area (TPSA) is 51.7 Å². The van der Waals surface area contributed by atoms with E-state index in [9.17, 15) is 0 Å². The lowest BCUT2D eigenvalue weighted by Crippen LogP contribution is -2.50. The first-order valence-electron chi connectivity index (χ1n) is 8.92. The maximum absolute atomic E-state index is 4.35. The predicted octanol–water partition coefficient (Wildman–Crippen LogP) is 2.88. The second-order valence-corrected chi connectivity index (χ2v) is 8.28. The number of halogens is 1. The van der Waals surface area contributed by atoms with Crippen LogP contribution in [0.4, 0.5) is 0 Å². The molecule has 0 spiro atoms. The minimum atomic E-state index is 0. The Kier molecular flexibility index (Phi) is 10.3. The van der Waals surface area contributed by atoms with Crippen LogP contribution < -0.4 is 16.0 Å². The van der Waals surface area contributed by atoms with Crippen molar-refractivity contribution in [2.45, 2.75) is 51.7 Å². The number of hydrogen-bond donors (Lipinski definition) is 3. The first-order valence-corrected chi connectivity index (χ1v) is 9.86. The fraction of sp³-hybridized carbons (Fsp3) is 0.722. The number of nitrogens with one attached hydrogen (secondary N) is 3. The van der Waals surface area contributed by atoms with Gasteiger partial charge in [-0.2, -0.15) is 11.3 Å². The largest absolute Gasteiger partial charge is 0.355 e. The highest BCUT2D eigenvalue weighted by atomic mass is 127. The van der Waals surface area contributed by atoms with Crippen LogP contribution >= 0.6 is 35.3 Å². The van der Waals surface area contributed by atoms with Gasteiger partial charge in [0.15, 0.2) is 5.96 Å². The maximum atomic E-state index is 4.35. The quantitative estimate of drug-likeness (QED) is 0.254. The average molecular weight is 479 g/mol. The highest BCUT2D eigenvalue weighted by molar-refractivity contribution is 14.0. The average Bonchev–Trinajstić information content (AvgIpc) is 3.04. The molecule has 0 amide bonds. The Morgan fingerprint density at radius 3 is 2.56 bits per heavy atom. The van der Waals surface area contributed by atoms with E-state index in [0.717, 1.165) is 38.7 Å². The predicted molar refractivity (Wildman–Crippen MR) is 120 cm³/mol. The van der Waals surface area contributed by atoms with Gasteiger partial charge in [0, 0.05) is 51.4 Å². The third-order valence-electron chi connectivity index (χ3n) is 4.21. The Hall–Kier alpha value is -0.380. The van der Waals surface area contributed by atoms with Crippen molar-refractivity contribution >= 4 is 41.3 Å². The van der Waals surface area contributed by atoms with Crippen LogP contribution in [-0.2, 0) is 6.54 Å². The van der Waals surface area contributed by atoms with Crippen LogP contribution in [0.2, 0.25) is 0 Å². The van der Waals surface area contributed by atoms with Gasteiger partial charge < -0.3 is 16.0 Å². The fourth-order valence-electron chi connectivity index (χ4n) is 2.88. The molecular weight excluding hydrogens is 445 g/mol. The van der Waals surface area contributed by atoms with Crippen LogP contribution in [0.25, 0.3) is 0 Å². The lowest BCUT2D eigenvalue weighted by molar-refractivity contribution is 0.198. The maximum Gasteiger partial charge on any atom is 0.191 e. The summed E-state index contributed by atoms with van der Waals surface area (Å²) < 4.78 is 0. The van der Waals surface area contributed by atoms with Crippen LogP contribution in [0, 0.1) is 0 Å². The van der Waals surface area contributed by atoms with E-state index in [1.807, 2.05) is 7.05 Å². The van der Waals surface area contributed by atoms with E-state index in [4.69, 9.17) is 0 Å². The molecule has 2 rings (SSSR count). The van der Waals surface area contributed by atoms with Crippen LogP contribution in [0.5, 0.6) is 0 Å². The molecule has 0 aromatic carbocycles. The van der Waals surface area contributed by atoms with Gasteiger partial charge in [-0.25, -0.2) is 0 Å². The number of aliphatic imine (C=N–C) groups is 1. The standard InChI is InChI=1S/C18H33N5S.HI/c1-18(2,3)21-9-8-20-17(19-4)22-16-5-10-23(11-6-16)13-15-7-12-24-14-15;/h7,12,14,16,21H,5-6,8-11,13H2,1-4H3,(H2,19,20,22);1H. The number of thiophene rings is 1. The summed E-state index contributed by atoms with van der Waals surface area (Å²) >= 11 is 1.78. The Balaban J connectivity index is 0.00000312. The molecule has 0 saturated carbocycles. The highest BCUT2D eigenvalue weighted by Crippen LogP contribution is 2.15. The van der Waals surface area contributed by atoms with E-state index in [-0.39, 0.29) is 29.5 Å². The lowest BCUT2D eigenvalue weighted by atomic mass is 10.0. The molecular formula is C18H34IN5S. The summed E-state index contributed by atoms with van der Waals surface area (Å²) in [5.74, 6) is 0.919. The van der Waals surface area contributed by atoms with Gasteiger partial charge in [-0.05, 0) is 56.0 Å². The van der Waals surface area contributed by atoms with Gasteiger partial charge in [-0.3, -0.25) is 9.89 Å². The second kappa shape index (κ2) is 11.4. The molecule has 1 aromatic rings. The zero-order valence-electron chi connectivity index (χ0n) is 16.0. The molecule has 0 aliphatic carbocycles. The summed E-state index contributed by atoms with van der Waals surface area (Å²) in [5, 5.41) is 14.9. The van der Waals surface area contributed by atoms with E-state index >= 15 is 0 Å². The molecule has 1 saturated heterocycles. The van der Waals surface area contributed by atoms with E-state index in [1.54, 1.807) is 11.3 Å². The zero-order chi connectivity index (χ0) is 17.4. The van der Waals surface area contributed by atoms with E-state index in [0.29, 0.717) is 6.04 Å². The third-order valence-corrected chi connectivity index (χ3v) is 4.94. The van der Waals surface area contributed by atoms with Gasteiger partial charge in [-0.15, -0.1) is 24.0 Å². The molecule has 1 aliphatic heterocycles. The molecule has 0 unspecified atom stereocenters. The highest BCUT2D eigenvalue weighted by Gasteiger charge is 2.20. The smallest absolute Gasteiger partial charge is 0.191 e. The minimum absolute atomic E-state index is 0. The number of rotatable bonds is 6. The molecule has 7 heteroatoms. The lowest BCUT2D eigenvalue weighted by Gasteiger charge is -2.33. The number of guanidine groups is 1. The van der Waals surface area contributed by atoms with Crippen molar-refractivity contribution in [3.63, 3.8) is 0 Å². The zero-order valence-corrected chi connectivity index (χ0v) is 19.1. The summed E-state index contributed by atoms with van der Waals surface area (Å²) in [6, 6.07) is 2.75. The monoisotopic (exact) mass is 479 g/mol. The van der Waals surface area contributed by atoms with E-state index in [2.05, 4.69) is 63.4 Å². The SMILES string of the molecule is CN=C(NCCNC(C)(C)C)NC1CCN(Cc2ccsc2)CC1.I. The molecule has 25 heavy (non-hydrogen) atoms. The Labute approximate surface area is 174 Å². The summed E-state index contributed by atoms with van der Waals surface area (Å²) in [7, 11) is 1.85. The summed E-state index contributed by atoms with van der Waals surface area (Å²) in [6.45, 7) is 11.8. The van der Waals surface area contributed by atoms with E-state index < -0.39 is 0 Å². The van der Waals surface area contributed by atoms with Gasteiger partial charge in [0.1, 0.15) is 0 Å². The second-order valence-electron chi connectivity index (χ2n) is 7.50. The Bertz CT molecular complexity index is 490. The molecule has 1 aromatic heterocycles. The van der Waals surface area contributed by atoms with Crippen molar-refractivity contribution in [2.75, 3.05) is 33.2 Å². The molecule has 3 N–H and O–H groups in total. The van der Waals surface area contributed by atoms with Gasteiger partial charge >= 0.3 is 0 Å². The van der Waals surface area contributed by atoms with Crippen LogP contribution in [-0.4, -0.2) is 55.7 Å². The minimum Gasteiger partial charge on any atom is -0.355 e. The Morgan fingerprint density at radius 1 is 1.28 bits per heavy atom. The summed E-state index contributed by atoms with van der Waals surface area (Å²) in [5.41, 5.74) is 1.60. The summed E-state index contributed by atoms with van der Waals surface area (Å²) in [4.78, 5) is 6.90. The first-order chi connectivity index (χ1) is 11.5. The molecule has 0 atom stereocenters. The van der Waals surface area contributed by atoms with Crippen molar-refractivity contribution in [1.29, 1.82) is 0 Å². The first kappa shape index (κ1) is 22.7. The van der Waals surface area contributed by atoms with Crippen molar-refractivity contribution in [1.82, 2.24) is 20.9 Å². The van der Waals surface area contributed by atoms with Crippen LogP contribution in [0.1, 0.15) is 39.2 Å². The van der Waals surface area contributed by atoms with E-state index in [1.165, 1.54) is 18.4 Å². The Morgan fingerprint density at radius 2 is 2.00 bits per heavy atom.